The lowest BCUT2D eigenvalue weighted by atomic mass is 10.1. The van der Waals surface area contributed by atoms with Gasteiger partial charge in [-0.2, -0.15) is 0 Å². The second kappa shape index (κ2) is 7.11. The molecule has 7 heteroatoms. The minimum atomic E-state index is -1.28. The Morgan fingerprint density at radius 3 is 2.27 bits per heavy atom. The van der Waals surface area contributed by atoms with Crippen LogP contribution in [0.25, 0.3) is 0 Å². The molecule has 138 valence electrons. The Bertz CT molecular complexity index is 760. The SMILES string of the molecule is CC(C)(Oc1ccc(N2CCN(C(=O)c3ccco3)CC2)cc1)C(=O)O. The monoisotopic (exact) mass is 358 g/mol. The molecule has 2 heterocycles. The van der Waals surface area contributed by atoms with Gasteiger partial charge in [-0.3, -0.25) is 4.79 Å². The number of piperazine rings is 1. The lowest BCUT2D eigenvalue weighted by Gasteiger charge is -2.35. The molecular weight excluding hydrogens is 336 g/mol. The van der Waals surface area contributed by atoms with Gasteiger partial charge in [0.2, 0.25) is 0 Å². The normalized spacial score (nSPS) is 15.0. The first-order chi connectivity index (χ1) is 12.4. The van der Waals surface area contributed by atoms with Crippen molar-refractivity contribution in [2.75, 3.05) is 31.1 Å². The number of amides is 1. The molecule has 7 nitrogen and oxygen atoms in total. The Kier molecular flexibility index (Phi) is 4.88. The number of nitrogens with zero attached hydrogens (tertiary/aromatic N) is 2. The lowest BCUT2D eigenvalue weighted by Crippen LogP contribution is -2.48. The van der Waals surface area contributed by atoms with Crippen LogP contribution in [0.15, 0.2) is 47.1 Å². The fraction of sp³-hybridized carbons (Fsp3) is 0.368. The zero-order valence-corrected chi connectivity index (χ0v) is 14.8. The maximum absolute atomic E-state index is 12.3. The van der Waals surface area contributed by atoms with Crippen molar-refractivity contribution in [2.45, 2.75) is 19.4 Å². The minimum absolute atomic E-state index is 0.0886. The lowest BCUT2D eigenvalue weighted by molar-refractivity contribution is -0.152. The number of rotatable bonds is 5. The van der Waals surface area contributed by atoms with E-state index >= 15 is 0 Å². The summed E-state index contributed by atoms with van der Waals surface area (Å²) in [6.07, 6.45) is 1.50. The number of furan rings is 1. The summed E-state index contributed by atoms with van der Waals surface area (Å²) < 4.78 is 10.7. The van der Waals surface area contributed by atoms with Crippen LogP contribution in [0.2, 0.25) is 0 Å². The maximum Gasteiger partial charge on any atom is 0.347 e. The van der Waals surface area contributed by atoms with Crippen LogP contribution in [-0.2, 0) is 4.79 Å². The summed E-state index contributed by atoms with van der Waals surface area (Å²) in [5.41, 5.74) is -0.269. The molecule has 1 aliphatic rings. The summed E-state index contributed by atoms with van der Waals surface area (Å²) in [6, 6.07) is 10.7. The van der Waals surface area contributed by atoms with E-state index < -0.39 is 11.6 Å². The molecule has 0 atom stereocenters. The molecule has 0 spiro atoms. The van der Waals surface area contributed by atoms with Crippen molar-refractivity contribution < 1.29 is 23.8 Å². The smallest absolute Gasteiger partial charge is 0.347 e. The van der Waals surface area contributed by atoms with Crippen LogP contribution in [0, 0.1) is 0 Å². The number of carboxylic acid groups (broad SMARTS) is 1. The topological polar surface area (TPSA) is 83.2 Å². The highest BCUT2D eigenvalue weighted by Gasteiger charge is 2.29. The first-order valence-electron chi connectivity index (χ1n) is 8.47. The summed E-state index contributed by atoms with van der Waals surface area (Å²) in [6.45, 7) is 5.69. The Labute approximate surface area is 151 Å². The molecule has 1 N–H and O–H groups in total. The molecule has 0 aliphatic carbocycles. The number of carboxylic acids is 1. The van der Waals surface area contributed by atoms with Gasteiger partial charge in [-0.1, -0.05) is 0 Å². The first kappa shape index (κ1) is 17.8. The molecule has 1 aromatic carbocycles. The van der Waals surface area contributed by atoms with Crippen molar-refractivity contribution in [1.82, 2.24) is 4.90 Å². The molecule has 0 unspecified atom stereocenters. The van der Waals surface area contributed by atoms with E-state index in [4.69, 9.17) is 14.3 Å². The largest absolute Gasteiger partial charge is 0.478 e. The number of hydrogen-bond acceptors (Lipinski definition) is 5. The van der Waals surface area contributed by atoms with E-state index in [1.54, 1.807) is 29.2 Å². The molecular formula is C19H22N2O5. The highest BCUT2D eigenvalue weighted by atomic mass is 16.5. The van der Waals surface area contributed by atoms with Crippen LogP contribution in [0.4, 0.5) is 5.69 Å². The number of anilines is 1. The second-order valence-corrected chi connectivity index (χ2v) is 6.67. The summed E-state index contributed by atoms with van der Waals surface area (Å²) in [4.78, 5) is 27.4. The minimum Gasteiger partial charge on any atom is -0.478 e. The van der Waals surface area contributed by atoms with E-state index in [1.165, 1.54) is 20.1 Å². The van der Waals surface area contributed by atoms with Gasteiger partial charge in [0.25, 0.3) is 5.91 Å². The molecule has 1 aliphatic heterocycles. The molecule has 1 aromatic heterocycles. The quantitative estimate of drug-likeness (QED) is 0.884. The van der Waals surface area contributed by atoms with Crippen LogP contribution in [-0.4, -0.2) is 53.7 Å². The second-order valence-electron chi connectivity index (χ2n) is 6.67. The van der Waals surface area contributed by atoms with Crippen molar-refractivity contribution >= 4 is 17.6 Å². The van der Waals surface area contributed by atoms with E-state index in [2.05, 4.69) is 4.90 Å². The fourth-order valence-electron chi connectivity index (χ4n) is 2.79. The molecule has 0 bridgehead atoms. The van der Waals surface area contributed by atoms with Crippen LogP contribution < -0.4 is 9.64 Å². The van der Waals surface area contributed by atoms with Crippen LogP contribution in [0.5, 0.6) is 5.75 Å². The third-order valence-electron chi connectivity index (χ3n) is 4.39. The van der Waals surface area contributed by atoms with Crippen molar-refractivity contribution in [1.29, 1.82) is 0 Å². The van der Waals surface area contributed by atoms with Crippen molar-refractivity contribution in [3.63, 3.8) is 0 Å². The number of benzene rings is 1. The average molecular weight is 358 g/mol. The number of hydrogen-bond donors (Lipinski definition) is 1. The van der Waals surface area contributed by atoms with Gasteiger partial charge in [-0.25, -0.2) is 4.79 Å². The first-order valence-corrected chi connectivity index (χ1v) is 8.47. The maximum atomic E-state index is 12.3. The van der Waals surface area contributed by atoms with Gasteiger partial charge in [-0.05, 0) is 50.2 Å². The highest BCUT2D eigenvalue weighted by Crippen LogP contribution is 2.24. The van der Waals surface area contributed by atoms with E-state index in [-0.39, 0.29) is 5.91 Å². The molecule has 1 saturated heterocycles. The summed E-state index contributed by atoms with van der Waals surface area (Å²) in [7, 11) is 0. The van der Waals surface area contributed by atoms with Gasteiger partial charge < -0.3 is 24.1 Å². The highest BCUT2D eigenvalue weighted by molar-refractivity contribution is 5.91. The van der Waals surface area contributed by atoms with E-state index in [9.17, 15) is 9.59 Å². The summed E-state index contributed by atoms with van der Waals surface area (Å²) in [5, 5.41) is 9.13. The summed E-state index contributed by atoms with van der Waals surface area (Å²) >= 11 is 0. The molecule has 26 heavy (non-hydrogen) atoms. The van der Waals surface area contributed by atoms with Crippen LogP contribution in [0.1, 0.15) is 24.4 Å². The number of aliphatic carboxylic acids is 1. The Morgan fingerprint density at radius 1 is 1.08 bits per heavy atom. The van der Waals surface area contributed by atoms with Gasteiger partial charge in [0.15, 0.2) is 11.4 Å². The zero-order valence-electron chi connectivity index (χ0n) is 14.8. The zero-order chi connectivity index (χ0) is 18.7. The predicted octanol–water partition coefficient (Wildman–Crippen LogP) is 2.48. The molecule has 3 rings (SSSR count). The van der Waals surface area contributed by atoms with Crippen LogP contribution in [0.3, 0.4) is 0 Å². The molecule has 1 amide bonds. The van der Waals surface area contributed by atoms with Gasteiger partial charge in [0.05, 0.1) is 6.26 Å². The van der Waals surface area contributed by atoms with Crippen molar-refractivity contribution in [3.05, 3.63) is 48.4 Å². The molecule has 1 fully saturated rings. The van der Waals surface area contributed by atoms with Gasteiger partial charge in [-0.15, -0.1) is 0 Å². The Morgan fingerprint density at radius 2 is 1.73 bits per heavy atom. The fourth-order valence-corrected chi connectivity index (χ4v) is 2.79. The molecule has 0 radical (unpaired) electrons. The number of ether oxygens (including phenoxy) is 1. The van der Waals surface area contributed by atoms with E-state index in [0.717, 1.165) is 5.69 Å². The van der Waals surface area contributed by atoms with Crippen molar-refractivity contribution in [2.24, 2.45) is 0 Å². The molecule has 0 saturated carbocycles. The number of carbonyl (C=O) groups is 2. The third kappa shape index (κ3) is 3.82. The van der Waals surface area contributed by atoms with Gasteiger partial charge in [0.1, 0.15) is 5.75 Å². The molecule has 2 aromatic rings. The third-order valence-corrected chi connectivity index (χ3v) is 4.39. The Balaban J connectivity index is 1.58. The standard InChI is InChI=1S/C19H22N2O5/c1-19(2,18(23)24)26-15-7-5-14(6-8-15)20-9-11-21(12-10-20)17(22)16-4-3-13-25-16/h3-8,13H,9-12H2,1-2H3,(H,23,24). The van der Waals surface area contributed by atoms with Crippen molar-refractivity contribution in [3.8, 4) is 5.75 Å². The number of carbonyl (C=O) groups excluding carboxylic acids is 1. The van der Waals surface area contributed by atoms with E-state index in [0.29, 0.717) is 37.7 Å². The van der Waals surface area contributed by atoms with Crippen LogP contribution >= 0.6 is 0 Å². The summed E-state index contributed by atoms with van der Waals surface area (Å²) in [5.74, 6) is -0.234. The Hall–Kier alpha value is -2.96. The van der Waals surface area contributed by atoms with E-state index in [1.807, 2.05) is 12.1 Å². The van der Waals surface area contributed by atoms with Gasteiger partial charge >= 0.3 is 5.97 Å². The average Bonchev–Trinajstić information content (AvgIpc) is 3.16. The predicted molar refractivity (Wildman–Crippen MR) is 95.6 cm³/mol. The van der Waals surface area contributed by atoms with Gasteiger partial charge in [0, 0.05) is 31.9 Å².